The van der Waals surface area contributed by atoms with Crippen molar-refractivity contribution in [2.45, 2.75) is 45.6 Å². The van der Waals surface area contributed by atoms with Crippen molar-refractivity contribution in [3.8, 4) is 0 Å². The molecule has 0 radical (unpaired) electrons. The zero-order valence-electron chi connectivity index (χ0n) is 10.7. The molecular formula is C14H23ClN2. The van der Waals surface area contributed by atoms with E-state index in [1.165, 1.54) is 18.4 Å². The summed E-state index contributed by atoms with van der Waals surface area (Å²) in [6, 6.07) is 8.34. The molecule has 0 aliphatic carbocycles. The van der Waals surface area contributed by atoms with Crippen molar-refractivity contribution in [3.63, 3.8) is 0 Å². The van der Waals surface area contributed by atoms with Gasteiger partial charge >= 0.3 is 0 Å². The third-order valence-corrected chi connectivity index (χ3v) is 3.22. The van der Waals surface area contributed by atoms with Gasteiger partial charge in [-0.2, -0.15) is 0 Å². The molecule has 0 aliphatic heterocycles. The Hall–Kier alpha value is -0.570. The Bertz CT molecular complexity index is 309. The van der Waals surface area contributed by atoms with Crippen LogP contribution in [0.1, 0.15) is 38.7 Å². The van der Waals surface area contributed by atoms with E-state index in [1.54, 1.807) is 0 Å². The van der Waals surface area contributed by atoms with Gasteiger partial charge in [0.2, 0.25) is 0 Å². The lowest BCUT2D eigenvalue weighted by Crippen LogP contribution is -2.36. The second kappa shape index (κ2) is 7.70. The van der Waals surface area contributed by atoms with Gasteiger partial charge in [-0.1, -0.05) is 50.4 Å². The predicted octanol–water partition coefficient (Wildman–Crippen LogP) is 3.54. The number of hydrazine groups is 1. The minimum atomic E-state index is 0.356. The summed E-state index contributed by atoms with van der Waals surface area (Å²) in [6.07, 6.45) is 4.57. The van der Waals surface area contributed by atoms with Crippen molar-refractivity contribution in [3.05, 3.63) is 34.9 Å². The number of nitrogens with two attached hydrogens (primary N) is 1. The minimum Gasteiger partial charge on any atom is -0.271 e. The molecule has 0 saturated carbocycles. The molecule has 3 N–H and O–H groups in total. The van der Waals surface area contributed by atoms with E-state index >= 15 is 0 Å². The molecular weight excluding hydrogens is 232 g/mol. The number of nitrogens with one attached hydrogen (secondary N) is 1. The van der Waals surface area contributed by atoms with Crippen LogP contribution in [0.5, 0.6) is 0 Å². The molecule has 0 saturated heterocycles. The molecule has 0 aromatic heterocycles. The molecule has 3 heteroatoms. The quantitative estimate of drug-likeness (QED) is 0.577. The Morgan fingerprint density at radius 3 is 2.35 bits per heavy atom. The first kappa shape index (κ1) is 14.5. The van der Waals surface area contributed by atoms with Gasteiger partial charge in [0, 0.05) is 11.1 Å². The first-order valence-electron chi connectivity index (χ1n) is 6.32. The molecule has 0 fully saturated rings. The topological polar surface area (TPSA) is 38.0 Å². The van der Waals surface area contributed by atoms with E-state index in [4.69, 9.17) is 17.4 Å². The van der Waals surface area contributed by atoms with Crippen LogP contribution in [0.15, 0.2) is 24.3 Å². The standard InChI is InChI=1S/C14H23ClN2/c1-11(2)4-3-5-14(17-16)10-12-6-8-13(15)9-7-12/h6-9,11,14,17H,3-5,10,16H2,1-2H3. The fraction of sp³-hybridized carbons (Fsp3) is 0.571. The van der Waals surface area contributed by atoms with E-state index < -0.39 is 0 Å². The second-order valence-electron chi connectivity index (χ2n) is 5.02. The van der Waals surface area contributed by atoms with Gasteiger partial charge in [-0.05, 0) is 36.5 Å². The summed E-state index contributed by atoms with van der Waals surface area (Å²) in [5.41, 5.74) is 4.19. The molecule has 2 nitrogen and oxygen atoms in total. The van der Waals surface area contributed by atoms with Crippen LogP contribution < -0.4 is 11.3 Å². The van der Waals surface area contributed by atoms with E-state index in [1.807, 2.05) is 12.1 Å². The molecule has 0 spiro atoms. The molecule has 0 amide bonds. The Balaban J connectivity index is 2.38. The number of hydrogen-bond acceptors (Lipinski definition) is 2. The largest absolute Gasteiger partial charge is 0.271 e. The maximum absolute atomic E-state index is 5.86. The Kier molecular flexibility index (Phi) is 6.56. The molecule has 1 aromatic carbocycles. The lowest BCUT2D eigenvalue weighted by molar-refractivity contribution is 0.441. The molecule has 0 aliphatic rings. The van der Waals surface area contributed by atoms with Crippen LogP contribution in [0.4, 0.5) is 0 Å². The van der Waals surface area contributed by atoms with Gasteiger partial charge in [0.15, 0.2) is 0 Å². The number of hydrogen-bond donors (Lipinski definition) is 2. The summed E-state index contributed by atoms with van der Waals surface area (Å²) in [5.74, 6) is 6.36. The summed E-state index contributed by atoms with van der Waals surface area (Å²) in [6.45, 7) is 4.51. The molecule has 0 heterocycles. The minimum absolute atomic E-state index is 0.356. The van der Waals surface area contributed by atoms with Gasteiger partial charge in [0.05, 0.1) is 0 Å². The maximum Gasteiger partial charge on any atom is 0.0406 e. The van der Waals surface area contributed by atoms with Gasteiger partial charge in [0.1, 0.15) is 0 Å². The highest BCUT2D eigenvalue weighted by Gasteiger charge is 2.08. The molecule has 17 heavy (non-hydrogen) atoms. The monoisotopic (exact) mass is 254 g/mol. The Labute approximate surface area is 110 Å². The van der Waals surface area contributed by atoms with Crippen molar-refractivity contribution < 1.29 is 0 Å². The molecule has 1 aromatic rings. The van der Waals surface area contributed by atoms with Crippen molar-refractivity contribution in [1.29, 1.82) is 0 Å². The molecule has 1 rings (SSSR count). The second-order valence-corrected chi connectivity index (χ2v) is 5.46. The Morgan fingerprint density at radius 2 is 1.82 bits per heavy atom. The zero-order valence-corrected chi connectivity index (χ0v) is 11.5. The van der Waals surface area contributed by atoms with Crippen LogP contribution in [0.3, 0.4) is 0 Å². The molecule has 96 valence electrons. The highest BCUT2D eigenvalue weighted by atomic mass is 35.5. The lowest BCUT2D eigenvalue weighted by atomic mass is 9.99. The van der Waals surface area contributed by atoms with E-state index in [0.717, 1.165) is 23.8 Å². The summed E-state index contributed by atoms with van der Waals surface area (Å²) < 4.78 is 0. The van der Waals surface area contributed by atoms with Crippen molar-refractivity contribution in [2.75, 3.05) is 0 Å². The third-order valence-electron chi connectivity index (χ3n) is 2.97. The summed E-state index contributed by atoms with van der Waals surface area (Å²) >= 11 is 5.86. The maximum atomic E-state index is 5.86. The van der Waals surface area contributed by atoms with Crippen molar-refractivity contribution in [2.24, 2.45) is 11.8 Å². The molecule has 1 atom stereocenters. The van der Waals surface area contributed by atoms with Crippen LogP contribution >= 0.6 is 11.6 Å². The van der Waals surface area contributed by atoms with Crippen molar-refractivity contribution in [1.82, 2.24) is 5.43 Å². The van der Waals surface area contributed by atoms with Gasteiger partial charge in [0.25, 0.3) is 0 Å². The van der Waals surface area contributed by atoms with Gasteiger partial charge in [-0.25, -0.2) is 0 Å². The van der Waals surface area contributed by atoms with E-state index in [9.17, 15) is 0 Å². The first-order valence-corrected chi connectivity index (χ1v) is 6.70. The molecule has 1 unspecified atom stereocenters. The average Bonchev–Trinajstić information content (AvgIpc) is 2.30. The van der Waals surface area contributed by atoms with Gasteiger partial charge < -0.3 is 0 Å². The van der Waals surface area contributed by atoms with Crippen molar-refractivity contribution >= 4 is 11.6 Å². The van der Waals surface area contributed by atoms with E-state index in [0.29, 0.717) is 6.04 Å². The predicted molar refractivity (Wildman–Crippen MR) is 75.0 cm³/mol. The molecule has 0 bridgehead atoms. The highest BCUT2D eigenvalue weighted by molar-refractivity contribution is 6.30. The van der Waals surface area contributed by atoms with Crippen LogP contribution in [-0.2, 0) is 6.42 Å². The number of benzene rings is 1. The average molecular weight is 255 g/mol. The van der Waals surface area contributed by atoms with Gasteiger partial charge in [-0.3, -0.25) is 11.3 Å². The first-order chi connectivity index (χ1) is 8.11. The third kappa shape index (κ3) is 6.06. The summed E-state index contributed by atoms with van der Waals surface area (Å²) in [5, 5.41) is 0.783. The number of halogens is 1. The number of rotatable bonds is 7. The summed E-state index contributed by atoms with van der Waals surface area (Å²) in [7, 11) is 0. The van der Waals surface area contributed by atoms with Crippen LogP contribution in [0, 0.1) is 5.92 Å². The SMILES string of the molecule is CC(C)CCCC(Cc1ccc(Cl)cc1)NN. The van der Waals surface area contributed by atoms with E-state index in [2.05, 4.69) is 31.4 Å². The normalized spacial score (nSPS) is 13.0. The van der Waals surface area contributed by atoms with Crippen LogP contribution in [-0.4, -0.2) is 6.04 Å². The van der Waals surface area contributed by atoms with Crippen LogP contribution in [0.2, 0.25) is 5.02 Å². The lowest BCUT2D eigenvalue weighted by Gasteiger charge is -2.16. The fourth-order valence-corrected chi connectivity index (χ4v) is 2.05. The zero-order chi connectivity index (χ0) is 12.7. The Morgan fingerprint density at radius 1 is 1.18 bits per heavy atom. The summed E-state index contributed by atoms with van der Waals surface area (Å²) in [4.78, 5) is 0. The van der Waals surface area contributed by atoms with E-state index in [-0.39, 0.29) is 0 Å². The highest BCUT2D eigenvalue weighted by Crippen LogP contribution is 2.14. The smallest absolute Gasteiger partial charge is 0.0406 e. The van der Waals surface area contributed by atoms with Gasteiger partial charge in [-0.15, -0.1) is 0 Å². The fourth-order valence-electron chi connectivity index (χ4n) is 1.92. The van der Waals surface area contributed by atoms with Crippen LogP contribution in [0.25, 0.3) is 0 Å².